The number of aliphatic imine (C=N–C) groups is 1. The van der Waals surface area contributed by atoms with Crippen LogP contribution in [0.5, 0.6) is 0 Å². The van der Waals surface area contributed by atoms with E-state index in [0.29, 0.717) is 19.1 Å². The van der Waals surface area contributed by atoms with Crippen LogP contribution in [0.1, 0.15) is 32.1 Å². The summed E-state index contributed by atoms with van der Waals surface area (Å²) in [6, 6.07) is 0. The second kappa shape index (κ2) is 13.0. The largest absolute Gasteiger partial charge is 0.379 e. The molecule has 1 atom stereocenters. The lowest BCUT2D eigenvalue weighted by molar-refractivity contribution is -0.186. The van der Waals surface area contributed by atoms with E-state index in [1.807, 2.05) is 0 Å². The fourth-order valence-corrected chi connectivity index (χ4v) is 3.90. The molecule has 174 valence electrons. The van der Waals surface area contributed by atoms with Crippen LogP contribution in [-0.2, 0) is 19.0 Å². The molecule has 2 heterocycles. The molecule has 0 radical (unpaired) electrons. The second-order valence-corrected chi connectivity index (χ2v) is 8.24. The lowest BCUT2D eigenvalue weighted by Crippen LogP contribution is -2.46. The Labute approximate surface area is 197 Å². The quantitative estimate of drug-likeness (QED) is 0.279. The average Bonchev–Trinajstić information content (AvgIpc) is 3.12. The normalized spacial score (nSPS) is 24.3. The van der Waals surface area contributed by atoms with Gasteiger partial charge in [-0.2, -0.15) is 0 Å². The van der Waals surface area contributed by atoms with Gasteiger partial charge in [0.1, 0.15) is 12.6 Å². The maximum Gasteiger partial charge on any atom is 0.243 e. The highest BCUT2D eigenvalue weighted by atomic mass is 127. The van der Waals surface area contributed by atoms with Crippen molar-refractivity contribution < 1.29 is 19.0 Å². The summed E-state index contributed by atoms with van der Waals surface area (Å²) in [5.41, 5.74) is 0. The van der Waals surface area contributed by atoms with Gasteiger partial charge in [0.2, 0.25) is 5.91 Å². The second-order valence-electron chi connectivity index (χ2n) is 8.24. The van der Waals surface area contributed by atoms with Crippen molar-refractivity contribution in [3.05, 3.63) is 0 Å². The van der Waals surface area contributed by atoms with Gasteiger partial charge in [-0.05, 0) is 12.8 Å². The van der Waals surface area contributed by atoms with Gasteiger partial charge in [-0.15, -0.1) is 24.0 Å². The molecule has 2 aliphatic heterocycles. The molecule has 3 aliphatic rings. The minimum Gasteiger partial charge on any atom is -0.379 e. The van der Waals surface area contributed by atoms with E-state index in [1.54, 1.807) is 19.0 Å². The molecule has 2 saturated heterocycles. The Bertz CT molecular complexity index is 551. The number of hydrogen-bond donors (Lipinski definition) is 2. The number of likely N-dealkylation sites (N-methyl/N-ethyl adjacent to an activating group) is 1. The number of nitrogens with zero attached hydrogens (tertiary/aromatic N) is 3. The zero-order valence-corrected chi connectivity index (χ0v) is 20.7. The Kier molecular flexibility index (Phi) is 11.1. The molecule has 1 amide bonds. The maximum absolute atomic E-state index is 11.9. The van der Waals surface area contributed by atoms with E-state index in [2.05, 4.69) is 20.5 Å². The summed E-state index contributed by atoms with van der Waals surface area (Å²) in [7, 11) is 3.48. The molecular weight excluding hydrogens is 501 g/mol. The summed E-state index contributed by atoms with van der Waals surface area (Å²) >= 11 is 0. The zero-order valence-electron chi connectivity index (χ0n) is 18.4. The zero-order chi connectivity index (χ0) is 20.5. The topological polar surface area (TPSA) is 87.7 Å². The van der Waals surface area contributed by atoms with Crippen molar-refractivity contribution in [3.63, 3.8) is 0 Å². The number of hydrogen-bond acceptors (Lipinski definition) is 6. The molecule has 3 rings (SSSR count). The molecule has 10 heteroatoms. The van der Waals surface area contributed by atoms with E-state index in [9.17, 15) is 4.79 Å². The highest BCUT2D eigenvalue weighted by Gasteiger charge is 2.42. The first-order valence-electron chi connectivity index (χ1n) is 10.9. The third-order valence-corrected chi connectivity index (χ3v) is 5.72. The van der Waals surface area contributed by atoms with Crippen molar-refractivity contribution in [2.24, 2.45) is 4.99 Å². The molecule has 1 saturated carbocycles. The molecule has 9 nitrogen and oxygen atoms in total. The van der Waals surface area contributed by atoms with Crippen LogP contribution in [-0.4, -0.2) is 107 Å². The standard InChI is InChI=1S/C20H37N5O4.HI/c1-24(2)18(26)15-23-19(21-8-9-25-10-12-27-13-11-25)22-14-17-16-28-20(29-17)6-4-3-5-7-20;/h17H,3-16H2,1-2H3,(H2,21,22,23);1H. The van der Waals surface area contributed by atoms with Gasteiger partial charge < -0.3 is 29.7 Å². The Balaban J connectivity index is 0.00000320. The summed E-state index contributed by atoms with van der Waals surface area (Å²) in [6.07, 6.45) is 5.58. The Morgan fingerprint density at radius 3 is 2.60 bits per heavy atom. The van der Waals surface area contributed by atoms with E-state index < -0.39 is 0 Å². The average molecular weight is 539 g/mol. The van der Waals surface area contributed by atoms with Gasteiger partial charge >= 0.3 is 0 Å². The van der Waals surface area contributed by atoms with E-state index in [-0.39, 0.29) is 48.3 Å². The molecule has 0 bridgehead atoms. The van der Waals surface area contributed by atoms with Crippen LogP contribution in [0, 0.1) is 0 Å². The summed E-state index contributed by atoms with van der Waals surface area (Å²) < 4.78 is 17.6. The van der Waals surface area contributed by atoms with Crippen LogP contribution in [0.25, 0.3) is 0 Å². The van der Waals surface area contributed by atoms with Crippen LogP contribution < -0.4 is 10.6 Å². The van der Waals surface area contributed by atoms with Crippen LogP contribution in [0.15, 0.2) is 4.99 Å². The number of nitrogens with one attached hydrogen (secondary N) is 2. The Morgan fingerprint density at radius 1 is 1.17 bits per heavy atom. The summed E-state index contributed by atoms with van der Waals surface area (Å²) in [5, 5.41) is 6.68. The maximum atomic E-state index is 11.9. The summed E-state index contributed by atoms with van der Waals surface area (Å²) in [5.74, 6) is 0.245. The van der Waals surface area contributed by atoms with Crippen molar-refractivity contribution in [3.8, 4) is 0 Å². The fourth-order valence-electron chi connectivity index (χ4n) is 3.90. The van der Waals surface area contributed by atoms with E-state index >= 15 is 0 Å². The van der Waals surface area contributed by atoms with Crippen LogP contribution in [0.4, 0.5) is 0 Å². The van der Waals surface area contributed by atoms with Gasteiger partial charge in [0, 0.05) is 59.7 Å². The van der Waals surface area contributed by atoms with Crippen molar-refractivity contribution in [1.82, 2.24) is 20.4 Å². The molecule has 1 aliphatic carbocycles. The van der Waals surface area contributed by atoms with E-state index in [1.165, 1.54) is 19.3 Å². The van der Waals surface area contributed by atoms with Crippen LogP contribution in [0.3, 0.4) is 0 Å². The van der Waals surface area contributed by atoms with Gasteiger partial charge in [-0.3, -0.25) is 9.69 Å². The molecule has 0 aromatic heterocycles. The van der Waals surface area contributed by atoms with E-state index in [4.69, 9.17) is 14.2 Å². The third-order valence-electron chi connectivity index (χ3n) is 5.72. The SMILES string of the molecule is CN(C)C(=O)CN=C(NCCN1CCOCC1)NCC1COC2(CCCCC2)O1.I. The molecule has 2 N–H and O–H groups in total. The molecule has 1 spiro atoms. The first kappa shape index (κ1) is 25.6. The predicted molar refractivity (Wildman–Crippen MR) is 126 cm³/mol. The smallest absolute Gasteiger partial charge is 0.243 e. The molecule has 3 fully saturated rings. The van der Waals surface area contributed by atoms with Gasteiger partial charge in [0.15, 0.2) is 11.7 Å². The molecule has 30 heavy (non-hydrogen) atoms. The molecule has 0 aromatic rings. The monoisotopic (exact) mass is 539 g/mol. The lowest BCUT2D eigenvalue weighted by atomic mass is 9.94. The number of amides is 1. The lowest BCUT2D eigenvalue weighted by Gasteiger charge is -2.31. The summed E-state index contributed by atoms with van der Waals surface area (Å²) in [6.45, 7) is 6.49. The summed E-state index contributed by atoms with van der Waals surface area (Å²) in [4.78, 5) is 20.3. The predicted octanol–water partition coefficient (Wildman–Crippen LogP) is 0.636. The van der Waals surface area contributed by atoms with Gasteiger partial charge in [-0.1, -0.05) is 6.42 Å². The minimum absolute atomic E-state index is 0. The first-order chi connectivity index (χ1) is 14.1. The number of guanidine groups is 1. The highest BCUT2D eigenvalue weighted by molar-refractivity contribution is 14.0. The number of ether oxygens (including phenoxy) is 3. The van der Waals surface area contributed by atoms with Crippen molar-refractivity contribution >= 4 is 35.8 Å². The number of carbonyl (C=O) groups excluding carboxylic acids is 1. The number of halogens is 1. The third kappa shape index (κ3) is 8.10. The van der Waals surface area contributed by atoms with Gasteiger partial charge in [0.05, 0.1) is 19.8 Å². The van der Waals surface area contributed by atoms with Crippen LogP contribution >= 0.6 is 24.0 Å². The number of morpholine rings is 1. The van der Waals surface area contributed by atoms with Crippen LogP contribution in [0.2, 0.25) is 0 Å². The molecule has 0 aromatic carbocycles. The Hall–Kier alpha value is -0.690. The molecule has 1 unspecified atom stereocenters. The van der Waals surface area contributed by atoms with Gasteiger partial charge in [0.25, 0.3) is 0 Å². The van der Waals surface area contributed by atoms with E-state index in [0.717, 1.165) is 52.2 Å². The van der Waals surface area contributed by atoms with Crippen molar-refractivity contribution in [2.45, 2.75) is 44.0 Å². The number of carbonyl (C=O) groups is 1. The highest BCUT2D eigenvalue weighted by Crippen LogP contribution is 2.37. The van der Waals surface area contributed by atoms with Crippen molar-refractivity contribution in [1.29, 1.82) is 0 Å². The number of rotatable bonds is 7. The molecular formula is C20H38IN5O4. The fraction of sp³-hybridized carbons (Fsp3) is 0.900. The van der Waals surface area contributed by atoms with Crippen molar-refractivity contribution in [2.75, 3.05) is 73.2 Å². The minimum atomic E-state index is -0.368. The first-order valence-corrected chi connectivity index (χ1v) is 10.9. The Morgan fingerprint density at radius 2 is 1.90 bits per heavy atom. The van der Waals surface area contributed by atoms with Gasteiger partial charge in [-0.25, -0.2) is 4.99 Å².